The van der Waals surface area contributed by atoms with Crippen molar-refractivity contribution in [3.8, 4) is 0 Å². The van der Waals surface area contributed by atoms with E-state index in [1.54, 1.807) is 0 Å². The number of fused-ring (bicyclic) bond motifs is 1. The first-order valence-corrected chi connectivity index (χ1v) is 6.04. The van der Waals surface area contributed by atoms with Gasteiger partial charge in [0.05, 0.1) is 17.4 Å². The molecule has 0 atom stereocenters. The number of hydrogen-bond acceptors (Lipinski definition) is 2. The molecule has 0 saturated heterocycles. The Morgan fingerprint density at radius 3 is 2.56 bits per heavy atom. The molecule has 0 saturated carbocycles. The second-order valence-electron chi connectivity index (χ2n) is 4.26. The smallest absolute Gasteiger partial charge is 0.0703 e. The van der Waals surface area contributed by atoms with Gasteiger partial charge in [0.1, 0.15) is 0 Å². The molecule has 0 amide bonds. The Hall–Kier alpha value is -2.35. The lowest BCUT2D eigenvalue weighted by Gasteiger charge is -2.07. The molecule has 0 radical (unpaired) electrons. The van der Waals surface area contributed by atoms with E-state index in [4.69, 9.17) is 0 Å². The zero-order chi connectivity index (χ0) is 12.2. The summed E-state index contributed by atoms with van der Waals surface area (Å²) in [6.45, 7) is 0.820. The van der Waals surface area contributed by atoms with Crippen molar-refractivity contribution in [3.05, 3.63) is 72.4 Å². The van der Waals surface area contributed by atoms with Gasteiger partial charge in [-0.05, 0) is 17.7 Å². The van der Waals surface area contributed by atoms with Crippen LogP contribution in [0.5, 0.6) is 0 Å². The van der Waals surface area contributed by atoms with E-state index in [-0.39, 0.29) is 0 Å². The molecule has 1 heterocycles. The number of hydrogen-bond donors (Lipinski definition) is 1. The van der Waals surface area contributed by atoms with Gasteiger partial charge < -0.3 is 5.32 Å². The Labute approximate surface area is 106 Å². The minimum absolute atomic E-state index is 0.820. The van der Waals surface area contributed by atoms with Crippen LogP contribution < -0.4 is 5.32 Å². The van der Waals surface area contributed by atoms with E-state index in [2.05, 4.69) is 46.7 Å². The molecule has 0 aliphatic carbocycles. The molecule has 3 rings (SSSR count). The number of nitrogens with one attached hydrogen (secondary N) is 1. The van der Waals surface area contributed by atoms with Crippen molar-refractivity contribution in [2.24, 2.45) is 0 Å². The third kappa shape index (κ3) is 2.33. The van der Waals surface area contributed by atoms with Gasteiger partial charge in [-0.2, -0.15) is 0 Å². The average Bonchev–Trinajstić information content (AvgIpc) is 2.46. The zero-order valence-electron chi connectivity index (χ0n) is 10.0. The highest BCUT2D eigenvalue weighted by Gasteiger charge is 1.97. The Kier molecular flexibility index (Phi) is 2.92. The second kappa shape index (κ2) is 4.88. The van der Waals surface area contributed by atoms with Crippen LogP contribution in [0.25, 0.3) is 10.9 Å². The third-order valence-electron chi connectivity index (χ3n) is 2.93. The largest absolute Gasteiger partial charge is 0.380 e. The molecular formula is C16H14N2. The summed E-state index contributed by atoms with van der Waals surface area (Å²) in [5.41, 5.74) is 3.35. The Balaban J connectivity index is 1.79. The number of nitrogens with zero attached hydrogens (tertiary/aromatic N) is 1. The predicted molar refractivity (Wildman–Crippen MR) is 75.5 cm³/mol. The molecule has 1 aromatic heterocycles. The normalized spacial score (nSPS) is 10.4. The monoisotopic (exact) mass is 234 g/mol. The highest BCUT2D eigenvalue weighted by molar-refractivity contribution is 5.81. The van der Waals surface area contributed by atoms with Gasteiger partial charge in [-0.1, -0.05) is 48.5 Å². The Morgan fingerprint density at radius 2 is 1.67 bits per heavy atom. The van der Waals surface area contributed by atoms with E-state index < -0.39 is 0 Å². The van der Waals surface area contributed by atoms with E-state index in [0.29, 0.717) is 0 Å². The zero-order valence-corrected chi connectivity index (χ0v) is 10.0. The lowest BCUT2D eigenvalue weighted by Crippen LogP contribution is -1.99. The average molecular weight is 234 g/mol. The van der Waals surface area contributed by atoms with Crippen LogP contribution in [0.4, 0.5) is 5.69 Å². The highest BCUT2D eigenvalue weighted by atomic mass is 14.9. The third-order valence-corrected chi connectivity index (χ3v) is 2.93. The molecular weight excluding hydrogens is 220 g/mol. The van der Waals surface area contributed by atoms with Crippen molar-refractivity contribution in [2.75, 3.05) is 5.32 Å². The SMILES string of the molecule is c1ccc(CNc2cnc3ccccc3c2)cc1. The molecule has 0 fully saturated rings. The summed E-state index contributed by atoms with van der Waals surface area (Å²) in [5, 5.41) is 4.55. The Morgan fingerprint density at radius 1 is 0.889 bits per heavy atom. The minimum atomic E-state index is 0.820. The topological polar surface area (TPSA) is 24.9 Å². The molecule has 88 valence electrons. The molecule has 3 aromatic rings. The molecule has 18 heavy (non-hydrogen) atoms. The van der Waals surface area contributed by atoms with Gasteiger partial charge in [0.2, 0.25) is 0 Å². The summed E-state index contributed by atoms with van der Waals surface area (Å²) in [6.07, 6.45) is 1.88. The first-order chi connectivity index (χ1) is 8.92. The summed E-state index contributed by atoms with van der Waals surface area (Å²) >= 11 is 0. The van der Waals surface area contributed by atoms with Crippen LogP contribution in [0.2, 0.25) is 0 Å². The van der Waals surface area contributed by atoms with Crippen molar-refractivity contribution in [1.82, 2.24) is 4.98 Å². The van der Waals surface area contributed by atoms with E-state index in [9.17, 15) is 0 Å². The summed E-state index contributed by atoms with van der Waals surface area (Å²) in [5.74, 6) is 0. The molecule has 0 spiro atoms. The van der Waals surface area contributed by atoms with Crippen molar-refractivity contribution < 1.29 is 0 Å². The maximum Gasteiger partial charge on any atom is 0.0703 e. The van der Waals surface area contributed by atoms with Crippen LogP contribution in [0.3, 0.4) is 0 Å². The van der Waals surface area contributed by atoms with Crippen molar-refractivity contribution in [1.29, 1.82) is 0 Å². The summed E-state index contributed by atoms with van der Waals surface area (Å²) in [4.78, 5) is 4.43. The van der Waals surface area contributed by atoms with Crippen molar-refractivity contribution in [2.45, 2.75) is 6.54 Å². The van der Waals surface area contributed by atoms with Gasteiger partial charge >= 0.3 is 0 Å². The second-order valence-corrected chi connectivity index (χ2v) is 4.26. The lowest BCUT2D eigenvalue weighted by atomic mass is 10.2. The van der Waals surface area contributed by atoms with Crippen LogP contribution in [-0.2, 0) is 6.54 Å². The van der Waals surface area contributed by atoms with Crippen LogP contribution in [0, 0.1) is 0 Å². The molecule has 0 aliphatic rings. The van der Waals surface area contributed by atoms with Gasteiger partial charge in [-0.25, -0.2) is 0 Å². The van der Waals surface area contributed by atoms with Gasteiger partial charge in [0.15, 0.2) is 0 Å². The summed E-state index contributed by atoms with van der Waals surface area (Å²) in [6, 6.07) is 20.6. The molecule has 1 N–H and O–H groups in total. The van der Waals surface area contributed by atoms with E-state index in [1.165, 1.54) is 5.56 Å². The number of rotatable bonds is 3. The number of aromatic nitrogens is 1. The van der Waals surface area contributed by atoms with Gasteiger partial charge in [-0.3, -0.25) is 4.98 Å². The lowest BCUT2D eigenvalue weighted by molar-refractivity contribution is 1.14. The summed E-state index contributed by atoms with van der Waals surface area (Å²) in [7, 11) is 0. The molecule has 2 nitrogen and oxygen atoms in total. The number of pyridine rings is 1. The first-order valence-electron chi connectivity index (χ1n) is 6.04. The fourth-order valence-electron chi connectivity index (χ4n) is 1.97. The first kappa shape index (κ1) is 10.8. The predicted octanol–water partition coefficient (Wildman–Crippen LogP) is 3.85. The van der Waals surface area contributed by atoms with E-state index in [1.807, 2.05) is 30.5 Å². The van der Waals surface area contributed by atoms with Crippen LogP contribution in [0.15, 0.2) is 66.9 Å². The Bertz CT molecular complexity index is 647. The maximum atomic E-state index is 4.43. The molecule has 2 heteroatoms. The van der Waals surface area contributed by atoms with Crippen LogP contribution in [-0.4, -0.2) is 4.98 Å². The highest BCUT2D eigenvalue weighted by Crippen LogP contribution is 2.16. The summed E-state index contributed by atoms with van der Waals surface area (Å²) < 4.78 is 0. The fourth-order valence-corrected chi connectivity index (χ4v) is 1.97. The van der Waals surface area contributed by atoms with E-state index >= 15 is 0 Å². The maximum absolute atomic E-state index is 4.43. The number of benzene rings is 2. The fraction of sp³-hybridized carbons (Fsp3) is 0.0625. The van der Waals surface area contributed by atoms with E-state index in [0.717, 1.165) is 23.1 Å². The number of para-hydroxylation sites is 1. The van der Waals surface area contributed by atoms with Gasteiger partial charge in [-0.15, -0.1) is 0 Å². The molecule has 0 bridgehead atoms. The molecule has 0 unspecified atom stereocenters. The van der Waals surface area contributed by atoms with Crippen LogP contribution >= 0.6 is 0 Å². The van der Waals surface area contributed by atoms with Gasteiger partial charge in [0, 0.05) is 11.9 Å². The number of anilines is 1. The molecule has 2 aromatic carbocycles. The van der Waals surface area contributed by atoms with Crippen LogP contribution in [0.1, 0.15) is 5.56 Å². The van der Waals surface area contributed by atoms with Crippen molar-refractivity contribution >= 4 is 16.6 Å². The van der Waals surface area contributed by atoms with Gasteiger partial charge in [0.25, 0.3) is 0 Å². The van der Waals surface area contributed by atoms with Crippen molar-refractivity contribution in [3.63, 3.8) is 0 Å². The quantitative estimate of drug-likeness (QED) is 0.744. The standard InChI is InChI=1S/C16H14N2/c1-2-6-13(7-3-1)11-17-15-10-14-8-4-5-9-16(14)18-12-15/h1-10,12,17H,11H2. The molecule has 0 aliphatic heterocycles. The minimum Gasteiger partial charge on any atom is -0.380 e.